The van der Waals surface area contributed by atoms with Gasteiger partial charge in [0.15, 0.2) is 0 Å². The van der Waals surface area contributed by atoms with Crippen LogP contribution in [0.15, 0.2) is 24.3 Å². The Labute approximate surface area is 95.0 Å². The average molecular weight is 234 g/mol. The zero-order valence-corrected chi connectivity index (χ0v) is 9.27. The molecule has 14 heavy (non-hydrogen) atoms. The van der Waals surface area contributed by atoms with Crippen LogP contribution in [0, 0.1) is 0 Å². The van der Waals surface area contributed by atoms with Gasteiger partial charge < -0.3 is 10.1 Å². The van der Waals surface area contributed by atoms with Gasteiger partial charge in [-0.3, -0.25) is 0 Å². The van der Waals surface area contributed by atoms with E-state index >= 15 is 0 Å². The Bertz CT molecular complexity index is 287. The molecule has 78 valence electrons. The molecule has 0 spiro atoms. The molecule has 0 bridgehead atoms. The van der Waals surface area contributed by atoms with Crippen molar-refractivity contribution in [2.45, 2.75) is 6.04 Å². The summed E-state index contributed by atoms with van der Waals surface area (Å²) >= 11 is 5.90. The van der Waals surface area contributed by atoms with E-state index < -0.39 is 0 Å². The van der Waals surface area contributed by atoms with Crippen LogP contribution in [0.25, 0.3) is 0 Å². The first kappa shape index (κ1) is 11.8. The molecule has 1 aliphatic rings. The highest BCUT2D eigenvalue weighted by Gasteiger charge is 2.14. The molecule has 1 aromatic rings. The highest BCUT2D eigenvalue weighted by molar-refractivity contribution is 6.30. The maximum absolute atomic E-state index is 5.90. The van der Waals surface area contributed by atoms with Gasteiger partial charge in [0.2, 0.25) is 0 Å². The van der Waals surface area contributed by atoms with E-state index in [4.69, 9.17) is 16.3 Å². The van der Waals surface area contributed by atoms with Crippen LogP contribution in [0.3, 0.4) is 0 Å². The van der Waals surface area contributed by atoms with Crippen molar-refractivity contribution in [1.29, 1.82) is 0 Å². The monoisotopic (exact) mass is 233 g/mol. The Morgan fingerprint density at radius 1 is 1.43 bits per heavy atom. The standard InChI is InChI=1S/C10H12ClNO.ClH/c11-9-3-1-2-8(6-9)10-7-13-5-4-12-10;/h1-3,6,10,12H,4-5,7H2;1H. The van der Waals surface area contributed by atoms with Gasteiger partial charge in [-0.25, -0.2) is 0 Å². The van der Waals surface area contributed by atoms with E-state index in [9.17, 15) is 0 Å². The zero-order chi connectivity index (χ0) is 9.10. The van der Waals surface area contributed by atoms with Crippen LogP contribution >= 0.6 is 24.0 Å². The highest BCUT2D eigenvalue weighted by Crippen LogP contribution is 2.19. The maximum atomic E-state index is 5.90. The van der Waals surface area contributed by atoms with Gasteiger partial charge >= 0.3 is 0 Å². The Hall–Kier alpha value is -0.280. The summed E-state index contributed by atoms with van der Waals surface area (Å²) in [5, 5.41) is 4.16. The van der Waals surface area contributed by atoms with E-state index in [-0.39, 0.29) is 12.4 Å². The summed E-state index contributed by atoms with van der Waals surface area (Å²) in [5.74, 6) is 0. The molecule has 1 aliphatic heterocycles. The van der Waals surface area contributed by atoms with Gasteiger partial charge in [-0.1, -0.05) is 23.7 Å². The molecule has 1 saturated heterocycles. The van der Waals surface area contributed by atoms with Gasteiger partial charge in [0.1, 0.15) is 0 Å². The van der Waals surface area contributed by atoms with Crippen LogP contribution in [0.1, 0.15) is 11.6 Å². The summed E-state index contributed by atoms with van der Waals surface area (Å²) in [6.07, 6.45) is 0. The number of rotatable bonds is 1. The molecule has 1 aromatic carbocycles. The third-order valence-corrected chi connectivity index (χ3v) is 2.41. The van der Waals surface area contributed by atoms with Crippen molar-refractivity contribution in [1.82, 2.24) is 5.32 Å². The number of hydrogen-bond acceptors (Lipinski definition) is 2. The van der Waals surface area contributed by atoms with E-state index in [1.165, 1.54) is 5.56 Å². The van der Waals surface area contributed by atoms with E-state index in [1.807, 2.05) is 18.2 Å². The second-order valence-corrected chi connectivity index (χ2v) is 3.57. The van der Waals surface area contributed by atoms with Crippen molar-refractivity contribution in [2.75, 3.05) is 19.8 Å². The minimum absolute atomic E-state index is 0. The number of hydrogen-bond donors (Lipinski definition) is 1. The number of ether oxygens (including phenoxy) is 1. The molecule has 1 N–H and O–H groups in total. The summed E-state index contributed by atoms with van der Waals surface area (Å²) in [7, 11) is 0. The van der Waals surface area contributed by atoms with E-state index in [1.54, 1.807) is 0 Å². The third-order valence-electron chi connectivity index (χ3n) is 2.17. The molecule has 1 unspecified atom stereocenters. The first-order valence-electron chi connectivity index (χ1n) is 4.43. The fraction of sp³-hybridized carbons (Fsp3) is 0.400. The molecule has 1 atom stereocenters. The van der Waals surface area contributed by atoms with Crippen molar-refractivity contribution in [3.05, 3.63) is 34.9 Å². The third kappa shape index (κ3) is 2.85. The molecule has 2 nitrogen and oxygen atoms in total. The molecule has 1 heterocycles. The molecular formula is C10H13Cl2NO. The van der Waals surface area contributed by atoms with Gasteiger partial charge in [0, 0.05) is 11.6 Å². The largest absolute Gasteiger partial charge is 0.378 e. The summed E-state index contributed by atoms with van der Waals surface area (Å²) in [6.45, 7) is 2.45. The summed E-state index contributed by atoms with van der Waals surface area (Å²) < 4.78 is 5.37. The summed E-state index contributed by atoms with van der Waals surface area (Å²) in [6, 6.07) is 8.20. The molecule has 0 aromatic heterocycles. The Morgan fingerprint density at radius 2 is 2.29 bits per heavy atom. The van der Waals surface area contributed by atoms with E-state index in [0.29, 0.717) is 6.04 Å². The second kappa shape index (κ2) is 5.56. The Kier molecular flexibility index (Phi) is 4.69. The Morgan fingerprint density at radius 3 is 2.93 bits per heavy atom. The zero-order valence-electron chi connectivity index (χ0n) is 7.70. The summed E-state index contributed by atoms with van der Waals surface area (Å²) in [5.41, 5.74) is 1.20. The van der Waals surface area contributed by atoms with E-state index in [0.717, 1.165) is 24.8 Å². The van der Waals surface area contributed by atoms with Gasteiger partial charge in [-0.05, 0) is 17.7 Å². The molecule has 1 fully saturated rings. The second-order valence-electron chi connectivity index (χ2n) is 3.14. The van der Waals surface area contributed by atoms with Gasteiger partial charge in [0.25, 0.3) is 0 Å². The normalized spacial score (nSPS) is 21.4. The fourth-order valence-electron chi connectivity index (χ4n) is 1.50. The number of halogens is 2. The minimum atomic E-state index is 0. The van der Waals surface area contributed by atoms with Crippen molar-refractivity contribution >= 4 is 24.0 Å². The first-order valence-corrected chi connectivity index (χ1v) is 4.80. The lowest BCUT2D eigenvalue weighted by molar-refractivity contribution is 0.0769. The molecular weight excluding hydrogens is 221 g/mol. The van der Waals surface area contributed by atoms with Gasteiger partial charge in [-0.15, -0.1) is 12.4 Å². The quantitative estimate of drug-likeness (QED) is 0.805. The first-order chi connectivity index (χ1) is 6.36. The lowest BCUT2D eigenvalue weighted by atomic mass is 10.1. The van der Waals surface area contributed by atoms with Crippen molar-refractivity contribution in [2.24, 2.45) is 0 Å². The number of morpholine rings is 1. The Balaban J connectivity index is 0.000000980. The fourth-order valence-corrected chi connectivity index (χ4v) is 1.70. The summed E-state index contributed by atoms with van der Waals surface area (Å²) in [4.78, 5) is 0. The van der Waals surface area contributed by atoms with Crippen molar-refractivity contribution < 1.29 is 4.74 Å². The van der Waals surface area contributed by atoms with Crippen molar-refractivity contribution in [3.63, 3.8) is 0 Å². The lowest BCUT2D eigenvalue weighted by Crippen LogP contribution is -2.34. The SMILES string of the molecule is Cl.Clc1cccc(C2COCCN2)c1. The smallest absolute Gasteiger partial charge is 0.0662 e. The van der Waals surface area contributed by atoms with Crippen LogP contribution in [0.4, 0.5) is 0 Å². The lowest BCUT2D eigenvalue weighted by Gasteiger charge is -2.24. The molecule has 2 rings (SSSR count). The van der Waals surface area contributed by atoms with Gasteiger partial charge in [0.05, 0.1) is 19.3 Å². The van der Waals surface area contributed by atoms with Gasteiger partial charge in [-0.2, -0.15) is 0 Å². The molecule has 0 amide bonds. The average Bonchev–Trinajstić information content (AvgIpc) is 2.19. The topological polar surface area (TPSA) is 21.3 Å². The highest BCUT2D eigenvalue weighted by atomic mass is 35.5. The predicted octanol–water partition coefficient (Wildman–Crippen LogP) is 2.42. The number of benzene rings is 1. The van der Waals surface area contributed by atoms with Crippen LogP contribution in [-0.2, 0) is 4.74 Å². The van der Waals surface area contributed by atoms with Crippen LogP contribution < -0.4 is 5.32 Å². The number of nitrogens with one attached hydrogen (secondary N) is 1. The molecule has 0 aliphatic carbocycles. The van der Waals surface area contributed by atoms with Crippen LogP contribution in [0.2, 0.25) is 5.02 Å². The minimum Gasteiger partial charge on any atom is -0.378 e. The van der Waals surface area contributed by atoms with Crippen LogP contribution in [-0.4, -0.2) is 19.8 Å². The molecule has 4 heteroatoms. The van der Waals surface area contributed by atoms with Crippen LogP contribution in [0.5, 0.6) is 0 Å². The predicted molar refractivity (Wildman–Crippen MR) is 60.3 cm³/mol. The van der Waals surface area contributed by atoms with E-state index in [2.05, 4.69) is 11.4 Å². The maximum Gasteiger partial charge on any atom is 0.0662 e. The van der Waals surface area contributed by atoms with Crippen molar-refractivity contribution in [3.8, 4) is 0 Å². The molecule has 0 saturated carbocycles. The molecule has 0 radical (unpaired) electrons.